The van der Waals surface area contributed by atoms with Gasteiger partial charge < -0.3 is 0 Å². The molecule has 0 heteroatoms. The molecule has 0 aliphatic carbocycles. The Hall–Kier alpha value is 0. The van der Waals surface area contributed by atoms with Crippen molar-refractivity contribution in [3.8, 4) is 0 Å². The summed E-state index contributed by atoms with van der Waals surface area (Å²) in [6.07, 6.45) is 5.56. The number of hydrogen-bond acceptors (Lipinski definition) is 0. The Balaban J connectivity index is -0.000000266. The fourth-order valence-electron chi connectivity index (χ4n) is 1.48. The standard InChI is InChI=1S/C10H22.2C2H6/c1-5-7-8-10(6-2)9(3)4;2*1-2/h9-10H,5-8H2,1-4H3;2*1-2H3. The van der Waals surface area contributed by atoms with Gasteiger partial charge in [-0.05, 0) is 11.8 Å². The molecule has 0 saturated carbocycles. The molecule has 0 saturated heterocycles. The van der Waals surface area contributed by atoms with Crippen LogP contribution in [0.1, 0.15) is 81.1 Å². The minimum Gasteiger partial charge on any atom is -0.0683 e. The Morgan fingerprint density at radius 3 is 1.50 bits per heavy atom. The van der Waals surface area contributed by atoms with Crippen molar-refractivity contribution in [3.63, 3.8) is 0 Å². The Kier molecular flexibility index (Phi) is 26.1. The molecule has 0 heterocycles. The molecule has 0 bridgehead atoms. The zero-order chi connectivity index (χ0) is 12.0. The number of rotatable bonds is 5. The van der Waals surface area contributed by atoms with Crippen LogP contribution in [0.3, 0.4) is 0 Å². The first kappa shape index (κ1) is 19.6. The summed E-state index contributed by atoms with van der Waals surface area (Å²) < 4.78 is 0. The van der Waals surface area contributed by atoms with Crippen LogP contribution in [-0.2, 0) is 0 Å². The summed E-state index contributed by atoms with van der Waals surface area (Å²) in [7, 11) is 0. The molecule has 0 aromatic rings. The minimum atomic E-state index is 0.886. The van der Waals surface area contributed by atoms with Gasteiger partial charge in [0, 0.05) is 0 Å². The molecule has 0 amide bonds. The highest BCUT2D eigenvalue weighted by Gasteiger charge is 2.08. The van der Waals surface area contributed by atoms with Crippen LogP contribution in [0.2, 0.25) is 0 Å². The van der Waals surface area contributed by atoms with Gasteiger partial charge in [-0.3, -0.25) is 0 Å². The van der Waals surface area contributed by atoms with Gasteiger partial charge in [0.2, 0.25) is 0 Å². The lowest BCUT2D eigenvalue weighted by atomic mass is 9.89. The first-order valence-electron chi connectivity index (χ1n) is 6.72. The van der Waals surface area contributed by atoms with E-state index in [4.69, 9.17) is 0 Å². The maximum atomic E-state index is 2.34. The lowest BCUT2D eigenvalue weighted by Crippen LogP contribution is -2.06. The van der Waals surface area contributed by atoms with Crippen molar-refractivity contribution in [2.24, 2.45) is 11.8 Å². The average Bonchev–Trinajstić information content (AvgIpc) is 2.24. The first-order valence-corrected chi connectivity index (χ1v) is 6.72. The average molecular weight is 202 g/mol. The highest BCUT2D eigenvalue weighted by Crippen LogP contribution is 2.20. The van der Waals surface area contributed by atoms with Gasteiger partial charge in [-0.25, -0.2) is 0 Å². The van der Waals surface area contributed by atoms with Crippen LogP contribution in [0, 0.1) is 11.8 Å². The van der Waals surface area contributed by atoms with E-state index in [1.165, 1.54) is 25.7 Å². The number of hydrogen-bond donors (Lipinski definition) is 0. The molecule has 0 fully saturated rings. The van der Waals surface area contributed by atoms with Crippen LogP contribution >= 0.6 is 0 Å². The SMILES string of the molecule is CC.CC.CCCCC(CC)C(C)C. The van der Waals surface area contributed by atoms with Crippen LogP contribution in [0.5, 0.6) is 0 Å². The molecule has 0 nitrogen and oxygen atoms in total. The summed E-state index contributed by atoms with van der Waals surface area (Å²) in [5.41, 5.74) is 0. The molecule has 0 N–H and O–H groups in total. The van der Waals surface area contributed by atoms with Gasteiger partial charge in [0.15, 0.2) is 0 Å². The summed E-state index contributed by atoms with van der Waals surface area (Å²) in [6.45, 7) is 17.3. The Bertz CT molecular complexity index is 64.4. The summed E-state index contributed by atoms with van der Waals surface area (Å²) in [5, 5.41) is 0. The second-order valence-corrected chi connectivity index (χ2v) is 3.55. The van der Waals surface area contributed by atoms with Crippen LogP contribution in [0.15, 0.2) is 0 Å². The van der Waals surface area contributed by atoms with E-state index in [-0.39, 0.29) is 0 Å². The van der Waals surface area contributed by atoms with Crippen molar-refractivity contribution >= 4 is 0 Å². The van der Waals surface area contributed by atoms with Crippen LogP contribution in [-0.4, -0.2) is 0 Å². The summed E-state index contributed by atoms with van der Waals surface area (Å²) in [6, 6.07) is 0. The molecule has 1 unspecified atom stereocenters. The van der Waals surface area contributed by atoms with Crippen molar-refractivity contribution in [2.75, 3.05) is 0 Å². The highest BCUT2D eigenvalue weighted by molar-refractivity contribution is 4.60. The van der Waals surface area contributed by atoms with Gasteiger partial charge in [-0.1, -0.05) is 81.1 Å². The van der Waals surface area contributed by atoms with Crippen molar-refractivity contribution in [1.82, 2.24) is 0 Å². The van der Waals surface area contributed by atoms with Crippen molar-refractivity contribution in [2.45, 2.75) is 81.1 Å². The van der Waals surface area contributed by atoms with Crippen molar-refractivity contribution in [1.29, 1.82) is 0 Å². The molecule has 0 radical (unpaired) electrons. The van der Waals surface area contributed by atoms with E-state index in [0.717, 1.165) is 11.8 Å². The van der Waals surface area contributed by atoms with Crippen molar-refractivity contribution in [3.05, 3.63) is 0 Å². The number of unbranched alkanes of at least 4 members (excludes halogenated alkanes) is 1. The lowest BCUT2D eigenvalue weighted by molar-refractivity contribution is 0.339. The van der Waals surface area contributed by atoms with E-state index in [9.17, 15) is 0 Å². The second-order valence-electron chi connectivity index (χ2n) is 3.55. The molecule has 14 heavy (non-hydrogen) atoms. The molecule has 90 valence electrons. The first-order chi connectivity index (χ1) is 6.72. The predicted octanol–water partition coefficient (Wildman–Crippen LogP) is 5.91. The maximum Gasteiger partial charge on any atom is -0.0394 e. The summed E-state index contributed by atoms with van der Waals surface area (Å²) in [4.78, 5) is 0. The Morgan fingerprint density at radius 2 is 1.29 bits per heavy atom. The fourth-order valence-corrected chi connectivity index (χ4v) is 1.48. The molecule has 1 atom stereocenters. The van der Waals surface area contributed by atoms with E-state index in [2.05, 4.69) is 27.7 Å². The van der Waals surface area contributed by atoms with Crippen LogP contribution in [0.4, 0.5) is 0 Å². The fraction of sp³-hybridized carbons (Fsp3) is 1.00. The third-order valence-corrected chi connectivity index (χ3v) is 2.40. The van der Waals surface area contributed by atoms with E-state index >= 15 is 0 Å². The second kappa shape index (κ2) is 18.7. The third kappa shape index (κ3) is 14.5. The highest BCUT2D eigenvalue weighted by atomic mass is 14.1. The van der Waals surface area contributed by atoms with Gasteiger partial charge in [0.1, 0.15) is 0 Å². The molecule has 0 aliphatic rings. The van der Waals surface area contributed by atoms with E-state index in [0.29, 0.717) is 0 Å². The third-order valence-electron chi connectivity index (χ3n) is 2.40. The molecule has 0 spiro atoms. The van der Waals surface area contributed by atoms with Gasteiger partial charge in [0.25, 0.3) is 0 Å². The maximum absolute atomic E-state index is 2.34. The molecular formula is C14H34. The Labute approximate surface area is 93.5 Å². The predicted molar refractivity (Wildman–Crippen MR) is 70.8 cm³/mol. The van der Waals surface area contributed by atoms with Crippen molar-refractivity contribution < 1.29 is 0 Å². The quantitative estimate of drug-likeness (QED) is 0.520. The molecule has 0 aromatic carbocycles. The van der Waals surface area contributed by atoms with Gasteiger partial charge >= 0.3 is 0 Å². The monoisotopic (exact) mass is 202 g/mol. The largest absolute Gasteiger partial charge is 0.0683 e. The smallest absolute Gasteiger partial charge is 0.0394 e. The normalized spacial score (nSPS) is 10.9. The molecule has 0 rings (SSSR count). The zero-order valence-corrected chi connectivity index (χ0v) is 12.0. The summed E-state index contributed by atoms with van der Waals surface area (Å²) >= 11 is 0. The molecular weight excluding hydrogens is 168 g/mol. The van der Waals surface area contributed by atoms with Crippen LogP contribution in [0.25, 0.3) is 0 Å². The van der Waals surface area contributed by atoms with E-state index in [1.54, 1.807) is 0 Å². The summed E-state index contributed by atoms with van der Waals surface area (Å²) in [5.74, 6) is 1.86. The molecule has 0 aromatic heterocycles. The van der Waals surface area contributed by atoms with Gasteiger partial charge in [-0.2, -0.15) is 0 Å². The van der Waals surface area contributed by atoms with E-state index in [1.807, 2.05) is 27.7 Å². The van der Waals surface area contributed by atoms with Gasteiger partial charge in [-0.15, -0.1) is 0 Å². The van der Waals surface area contributed by atoms with Gasteiger partial charge in [0.05, 0.1) is 0 Å². The van der Waals surface area contributed by atoms with E-state index < -0.39 is 0 Å². The zero-order valence-electron chi connectivity index (χ0n) is 12.0. The van der Waals surface area contributed by atoms with Crippen LogP contribution < -0.4 is 0 Å². The lowest BCUT2D eigenvalue weighted by Gasteiger charge is -2.17. The topological polar surface area (TPSA) is 0 Å². The minimum absolute atomic E-state index is 0.886. The Morgan fingerprint density at radius 1 is 0.857 bits per heavy atom. The molecule has 0 aliphatic heterocycles.